The van der Waals surface area contributed by atoms with Gasteiger partial charge in [0, 0.05) is 17.7 Å². The number of nitrogens with one attached hydrogen (secondary N) is 1. The summed E-state index contributed by atoms with van der Waals surface area (Å²) in [6, 6.07) is 3.49. The molecule has 1 fully saturated rings. The molecule has 2 rings (SSSR count). The average molecular weight is 330 g/mol. The van der Waals surface area contributed by atoms with Crippen molar-refractivity contribution in [2.24, 2.45) is 5.41 Å². The molecule has 0 heterocycles. The Morgan fingerprint density at radius 2 is 2.00 bits per heavy atom. The Morgan fingerprint density at radius 1 is 1.37 bits per heavy atom. The lowest BCUT2D eigenvalue weighted by molar-refractivity contribution is 0.228. The predicted octanol–water partition coefficient (Wildman–Crippen LogP) is 4.44. The Bertz CT molecular complexity index is 458. The standard InChI is InChI=1S/C15H21BrFNO/c1-15(6-4-5-7-15)14(18-2)10-8-11(16)12(17)9-13(10)19-3/h8-9,14,18H,4-7H2,1-3H3. The molecule has 0 aromatic heterocycles. The second-order valence-electron chi connectivity index (χ2n) is 5.59. The van der Waals surface area contributed by atoms with Crippen LogP contribution in [0.3, 0.4) is 0 Å². The van der Waals surface area contributed by atoms with Gasteiger partial charge in [-0.3, -0.25) is 0 Å². The van der Waals surface area contributed by atoms with Crippen LogP contribution in [0.5, 0.6) is 5.75 Å². The van der Waals surface area contributed by atoms with Gasteiger partial charge in [0.15, 0.2) is 0 Å². The Kier molecular flexibility index (Phi) is 4.51. The molecular weight excluding hydrogens is 309 g/mol. The summed E-state index contributed by atoms with van der Waals surface area (Å²) in [5, 5.41) is 3.40. The summed E-state index contributed by atoms with van der Waals surface area (Å²) in [7, 11) is 3.56. The highest BCUT2D eigenvalue weighted by atomic mass is 79.9. The topological polar surface area (TPSA) is 21.3 Å². The Morgan fingerprint density at radius 3 is 2.53 bits per heavy atom. The number of hydrogen-bond donors (Lipinski definition) is 1. The van der Waals surface area contributed by atoms with Crippen LogP contribution in [0.25, 0.3) is 0 Å². The molecular formula is C15H21BrFNO. The van der Waals surface area contributed by atoms with Gasteiger partial charge in [-0.1, -0.05) is 19.8 Å². The molecule has 0 spiro atoms. The van der Waals surface area contributed by atoms with E-state index in [0.717, 1.165) is 5.56 Å². The Hall–Kier alpha value is -0.610. The molecule has 1 saturated carbocycles. The third kappa shape index (κ3) is 2.79. The fourth-order valence-corrected chi connectivity index (χ4v) is 3.66. The Labute approximate surface area is 122 Å². The first kappa shape index (κ1) is 14.8. The molecule has 0 saturated heterocycles. The summed E-state index contributed by atoms with van der Waals surface area (Å²) in [4.78, 5) is 0. The third-order valence-electron chi connectivity index (χ3n) is 4.32. The first-order valence-electron chi connectivity index (χ1n) is 6.72. The SMILES string of the molecule is CNC(c1cc(Br)c(F)cc1OC)C1(C)CCCC1. The van der Waals surface area contributed by atoms with E-state index in [1.165, 1.54) is 31.7 Å². The molecule has 0 aliphatic heterocycles. The van der Waals surface area contributed by atoms with Gasteiger partial charge < -0.3 is 10.1 Å². The van der Waals surface area contributed by atoms with Crippen LogP contribution < -0.4 is 10.1 Å². The zero-order valence-corrected chi connectivity index (χ0v) is 13.3. The van der Waals surface area contributed by atoms with Crippen LogP contribution in [-0.4, -0.2) is 14.2 Å². The number of ether oxygens (including phenoxy) is 1. The number of rotatable bonds is 4. The van der Waals surface area contributed by atoms with Crippen LogP contribution in [0.4, 0.5) is 4.39 Å². The van der Waals surface area contributed by atoms with Crippen LogP contribution in [0, 0.1) is 11.2 Å². The summed E-state index contributed by atoms with van der Waals surface area (Å²) in [5.74, 6) is 0.334. The maximum Gasteiger partial charge on any atom is 0.141 e. The van der Waals surface area contributed by atoms with Gasteiger partial charge in [-0.2, -0.15) is 0 Å². The molecule has 1 aliphatic carbocycles. The van der Waals surface area contributed by atoms with Gasteiger partial charge in [-0.15, -0.1) is 0 Å². The van der Waals surface area contributed by atoms with Gasteiger partial charge in [0.25, 0.3) is 0 Å². The molecule has 1 aromatic carbocycles. The van der Waals surface area contributed by atoms with Crippen molar-refractivity contribution in [3.63, 3.8) is 0 Å². The van der Waals surface area contributed by atoms with Crippen LogP contribution in [0.2, 0.25) is 0 Å². The van der Waals surface area contributed by atoms with Crippen molar-refractivity contribution in [3.05, 3.63) is 28.0 Å². The van der Waals surface area contributed by atoms with Crippen molar-refractivity contribution in [1.29, 1.82) is 0 Å². The molecule has 1 aromatic rings. The maximum absolute atomic E-state index is 13.6. The smallest absolute Gasteiger partial charge is 0.141 e. The van der Waals surface area contributed by atoms with E-state index in [1.54, 1.807) is 7.11 Å². The molecule has 2 nitrogen and oxygen atoms in total. The van der Waals surface area contributed by atoms with E-state index in [2.05, 4.69) is 28.2 Å². The van der Waals surface area contributed by atoms with Gasteiger partial charge in [-0.25, -0.2) is 4.39 Å². The number of benzene rings is 1. The zero-order chi connectivity index (χ0) is 14.0. The summed E-state index contributed by atoms with van der Waals surface area (Å²) >= 11 is 3.27. The van der Waals surface area contributed by atoms with E-state index >= 15 is 0 Å². The van der Waals surface area contributed by atoms with Crippen molar-refractivity contribution in [2.45, 2.75) is 38.6 Å². The first-order valence-corrected chi connectivity index (χ1v) is 7.51. The van der Waals surface area contributed by atoms with E-state index in [-0.39, 0.29) is 17.3 Å². The largest absolute Gasteiger partial charge is 0.496 e. The second kappa shape index (κ2) is 5.80. The molecule has 106 valence electrons. The van der Waals surface area contributed by atoms with Crippen molar-refractivity contribution >= 4 is 15.9 Å². The van der Waals surface area contributed by atoms with Crippen LogP contribution in [-0.2, 0) is 0 Å². The van der Waals surface area contributed by atoms with Crippen LogP contribution in [0.1, 0.15) is 44.2 Å². The van der Waals surface area contributed by atoms with E-state index < -0.39 is 0 Å². The maximum atomic E-state index is 13.6. The molecule has 1 aliphatic rings. The minimum atomic E-state index is -0.285. The van der Waals surface area contributed by atoms with Crippen LogP contribution >= 0.6 is 15.9 Å². The van der Waals surface area contributed by atoms with Crippen molar-refractivity contribution < 1.29 is 9.13 Å². The van der Waals surface area contributed by atoms with E-state index in [0.29, 0.717) is 10.2 Å². The van der Waals surface area contributed by atoms with Gasteiger partial charge >= 0.3 is 0 Å². The Balaban J connectivity index is 2.45. The van der Waals surface area contributed by atoms with E-state index in [4.69, 9.17) is 4.74 Å². The summed E-state index contributed by atoms with van der Waals surface area (Å²) in [6.45, 7) is 2.30. The van der Waals surface area contributed by atoms with Crippen LogP contribution in [0.15, 0.2) is 16.6 Å². The molecule has 1 N–H and O–H groups in total. The van der Waals surface area contributed by atoms with E-state index in [1.807, 2.05) is 13.1 Å². The number of hydrogen-bond acceptors (Lipinski definition) is 2. The normalized spacial score (nSPS) is 19.4. The lowest BCUT2D eigenvalue weighted by atomic mass is 9.77. The third-order valence-corrected chi connectivity index (χ3v) is 4.92. The monoisotopic (exact) mass is 329 g/mol. The van der Waals surface area contributed by atoms with Gasteiger partial charge in [0.2, 0.25) is 0 Å². The first-order chi connectivity index (χ1) is 9.01. The predicted molar refractivity (Wildman–Crippen MR) is 79.0 cm³/mol. The quantitative estimate of drug-likeness (QED) is 0.881. The minimum Gasteiger partial charge on any atom is -0.496 e. The van der Waals surface area contributed by atoms with Gasteiger partial charge in [0.05, 0.1) is 11.6 Å². The summed E-state index contributed by atoms with van der Waals surface area (Å²) < 4.78 is 19.5. The van der Waals surface area contributed by atoms with E-state index in [9.17, 15) is 4.39 Å². The summed E-state index contributed by atoms with van der Waals surface area (Å²) in [6.07, 6.45) is 4.91. The molecule has 0 amide bonds. The van der Waals surface area contributed by atoms with Gasteiger partial charge in [-0.05, 0) is 47.3 Å². The fraction of sp³-hybridized carbons (Fsp3) is 0.600. The fourth-order valence-electron chi connectivity index (χ4n) is 3.30. The van der Waals surface area contributed by atoms with Crippen molar-refractivity contribution in [1.82, 2.24) is 5.32 Å². The highest BCUT2D eigenvalue weighted by Crippen LogP contribution is 2.49. The van der Waals surface area contributed by atoms with Crippen molar-refractivity contribution in [2.75, 3.05) is 14.2 Å². The lowest BCUT2D eigenvalue weighted by Crippen LogP contribution is -2.32. The summed E-state index contributed by atoms with van der Waals surface area (Å²) in [5.41, 5.74) is 1.24. The molecule has 4 heteroatoms. The zero-order valence-electron chi connectivity index (χ0n) is 11.7. The highest BCUT2D eigenvalue weighted by molar-refractivity contribution is 9.10. The highest BCUT2D eigenvalue weighted by Gasteiger charge is 2.38. The van der Waals surface area contributed by atoms with Gasteiger partial charge in [0.1, 0.15) is 11.6 Å². The lowest BCUT2D eigenvalue weighted by Gasteiger charge is -2.35. The number of methoxy groups -OCH3 is 1. The molecule has 1 atom stereocenters. The second-order valence-corrected chi connectivity index (χ2v) is 6.45. The molecule has 0 radical (unpaired) electrons. The minimum absolute atomic E-state index is 0.182. The van der Waals surface area contributed by atoms with Crippen molar-refractivity contribution in [3.8, 4) is 5.75 Å². The molecule has 1 unspecified atom stereocenters. The molecule has 19 heavy (non-hydrogen) atoms. The number of halogens is 2. The molecule has 0 bridgehead atoms. The average Bonchev–Trinajstić information content (AvgIpc) is 2.81.